The molecular weight excluding hydrogens is 281 g/mol. The summed E-state index contributed by atoms with van der Waals surface area (Å²) < 4.78 is 44.8. The first-order valence-corrected chi connectivity index (χ1v) is 6.53. The van der Waals surface area contributed by atoms with Crippen molar-refractivity contribution < 1.29 is 17.6 Å². The van der Waals surface area contributed by atoms with Crippen LogP contribution < -0.4 is 5.32 Å². The standard InChI is InChI=1S/C15H17F3N2O/c1-20(2)14(15-4-3-5-21-15)9-19-8-10-6-12(17)13(18)7-11(10)16/h3-7,14,19H,8-9H2,1-2H3. The summed E-state index contributed by atoms with van der Waals surface area (Å²) in [6.45, 7) is 0.590. The summed E-state index contributed by atoms with van der Waals surface area (Å²) in [4.78, 5) is 1.95. The SMILES string of the molecule is CN(C)C(CNCc1cc(F)c(F)cc1F)c1ccco1. The Morgan fingerprint density at radius 3 is 2.48 bits per heavy atom. The predicted molar refractivity (Wildman–Crippen MR) is 73.2 cm³/mol. The molecule has 1 heterocycles. The molecule has 0 saturated carbocycles. The summed E-state index contributed by atoms with van der Waals surface area (Å²) in [5.74, 6) is -2.22. The van der Waals surface area contributed by atoms with Gasteiger partial charge in [0.2, 0.25) is 0 Å². The summed E-state index contributed by atoms with van der Waals surface area (Å²) >= 11 is 0. The molecule has 6 heteroatoms. The molecule has 1 aromatic heterocycles. The summed E-state index contributed by atoms with van der Waals surface area (Å²) in [5, 5.41) is 3.03. The van der Waals surface area contributed by atoms with Gasteiger partial charge in [-0.1, -0.05) is 0 Å². The molecule has 2 aromatic rings. The first-order chi connectivity index (χ1) is 9.99. The number of halogens is 3. The van der Waals surface area contributed by atoms with Gasteiger partial charge in [-0.15, -0.1) is 0 Å². The second kappa shape index (κ2) is 6.78. The Hall–Kier alpha value is -1.79. The van der Waals surface area contributed by atoms with Gasteiger partial charge in [0.15, 0.2) is 11.6 Å². The molecule has 0 saturated heterocycles. The van der Waals surface area contributed by atoms with Crippen LogP contribution in [-0.4, -0.2) is 25.5 Å². The lowest BCUT2D eigenvalue weighted by molar-refractivity contribution is 0.250. The number of likely N-dealkylation sites (N-methyl/N-ethyl adjacent to an activating group) is 1. The Labute approximate surface area is 121 Å². The van der Waals surface area contributed by atoms with E-state index in [1.165, 1.54) is 0 Å². The maximum atomic E-state index is 13.5. The minimum absolute atomic E-state index is 0.0339. The minimum Gasteiger partial charge on any atom is -0.468 e. The van der Waals surface area contributed by atoms with E-state index in [-0.39, 0.29) is 18.2 Å². The lowest BCUT2D eigenvalue weighted by Crippen LogP contribution is -2.30. The second-order valence-electron chi connectivity index (χ2n) is 4.98. The first-order valence-electron chi connectivity index (χ1n) is 6.53. The van der Waals surface area contributed by atoms with Gasteiger partial charge in [0.25, 0.3) is 0 Å². The van der Waals surface area contributed by atoms with Crippen LogP contribution in [0, 0.1) is 17.5 Å². The number of nitrogens with one attached hydrogen (secondary N) is 1. The van der Waals surface area contributed by atoms with Gasteiger partial charge in [0.1, 0.15) is 11.6 Å². The van der Waals surface area contributed by atoms with Crippen molar-refractivity contribution in [1.82, 2.24) is 10.2 Å². The molecule has 2 rings (SSSR count). The normalized spacial score (nSPS) is 12.9. The van der Waals surface area contributed by atoms with Crippen molar-refractivity contribution in [2.45, 2.75) is 12.6 Å². The van der Waals surface area contributed by atoms with Gasteiger partial charge < -0.3 is 9.73 Å². The van der Waals surface area contributed by atoms with Crippen LogP contribution >= 0.6 is 0 Å². The topological polar surface area (TPSA) is 28.4 Å². The summed E-state index contributed by atoms with van der Waals surface area (Å²) in [6.07, 6.45) is 1.58. The van der Waals surface area contributed by atoms with E-state index in [0.717, 1.165) is 11.8 Å². The van der Waals surface area contributed by atoms with Crippen LogP contribution in [-0.2, 0) is 6.54 Å². The average molecular weight is 298 g/mol. The number of hydrogen-bond acceptors (Lipinski definition) is 3. The predicted octanol–water partition coefficient (Wildman–Crippen LogP) is 3.09. The van der Waals surface area contributed by atoms with Crippen molar-refractivity contribution in [2.75, 3.05) is 20.6 Å². The average Bonchev–Trinajstić information content (AvgIpc) is 2.93. The Kier molecular flexibility index (Phi) is 5.03. The highest BCUT2D eigenvalue weighted by Crippen LogP contribution is 2.18. The lowest BCUT2D eigenvalue weighted by atomic mass is 10.1. The zero-order valence-electron chi connectivity index (χ0n) is 11.9. The Morgan fingerprint density at radius 1 is 1.14 bits per heavy atom. The number of rotatable bonds is 6. The molecule has 0 fully saturated rings. The van der Waals surface area contributed by atoms with Crippen molar-refractivity contribution >= 4 is 0 Å². The fourth-order valence-electron chi connectivity index (χ4n) is 2.06. The quantitative estimate of drug-likeness (QED) is 0.831. The highest BCUT2D eigenvalue weighted by molar-refractivity contribution is 5.20. The molecule has 0 aliphatic heterocycles. The van der Waals surface area contributed by atoms with Crippen LogP contribution in [0.2, 0.25) is 0 Å². The highest BCUT2D eigenvalue weighted by Gasteiger charge is 2.17. The van der Waals surface area contributed by atoms with E-state index in [4.69, 9.17) is 4.42 Å². The molecule has 1 unspecified atom stereocenters. The van der Waals surface area contributed by atoms with E-state index >= 15 is 0 Å². The first kappa shape index (κ1) is 15.6. The third-order valence-electron chi connectivity index (χ3n) is 3.24. The van der Waals surface area contributed by atoms with Crippen molar-refractivity contribution in [1.29, 1.82) is 0 Å². The van der Waals surface area contributed by atoms with Crippen LogP contribution in [0.3, 0.4) is 0 Å². The van der Waals surface area contributed by atoms with Crippen molar-refractivity contribution in [3.8, 4) is 0 Å². The van der Waals surface area contributed by atoms with Crippen LogP contribution in [0.1, 0.15) is 17.4 Å². The highest BCUT2D eigenvalue weighted by atomic mass is 19.2. The van der Waals surface area contributed by atoms with E-state index in [2.05, 4.69) is 5.32 Å². The smallest absolute Gasteiger partial charge is 0.161 e. The number of benzene rings is 1. The van der Waals surface area contributed by atoms with Gasteiger partial charge >= 0.3 is 0 Å². The lowest BCUT2D eigenvalue weighted by Gasteiger charge is -2.22. The molecule has 1 atom stereocenters. The zero-order chi connectivity index (χ0) is 15.4. The van der Waals surface area contributed by atoms with Gasteiger partial charge in [-0.25, -0.2) is 13.2 Å². The number of hydrogen-bond donors (Lipinski definition) is 1. The van der Waals surface area contributed by atoms with E-state index in [1.54, 1.807) is 12.3 Å². The van der Waals surface area contributed by atoms with E-state index in [0.29, 0.717) is 12.6 Å². The van der Waals surface area contributed by atoms with Gasteiger partial charge in [-0.3, -0.25) is 4.90 Å². The van der Waals surface area contributed by atoms with Crippen LogP contribution in [0.5, 0.6) is 0 Å². The molecular formula is C15H17F3N2O. The summed E-state index contributed by atoms with van der Waals surface area (Å²) in [6, 6.07) is 5.04. The number of nitrogens with zero attached hydrogens (tertiary/aromatic N) is 1. The maximum absolute atomic E-state index is 13.5. The Morgan fingerprint density at radius 2 is 1.86 bits per heavy atom. The summed E-state index contributed by atoms with van der Waals surface area (Å²) in [7, 11) is 3.79. The molecule has 0 amide bonds. The molecule has 0 radical (unpaired) electrons. The third kappa shape index (κ3) is 3.86. The fourth-order valence-corrected chi connectivity index (χ4v) is 2.06. The van der Waals surface area contributed by atoms with E-state index in [1.807, 2.05) is 25.1 Å². The second-order valence-corrected chi connectivity index (χ2v) is 4.98. The molecule has 0 aliphatic rings. The molecule has 1 N–H and O–H groups in total. The fraction of sp³-hybridized carbons (Fsp3) is 0.333. The molecule has 3 nitrogen and oxygen atoms in total. The zero-order valence-corrected chi connectivity index (χ0v) is 11.9. The van der Waals surface area contributed by atoms with Gasteiger partial charge in [-0.05, 0) is 32.3 Å². The van der Waals surface area contributed by atoms with Crippen molar-refractivity contribution in [2.24, 2.45) is 0 Å². The molecule has 0 spiro atoms. The van der Waals surface area contributed by atoms with E-state index in [9.17, 15) is 13.2 Å². The maximum Gasteiger partial charge on any atom is 0.161 e. The van der Waals surface area contributed by atoms with Crippen LogP contribution in [0.25, 0.3) is 0 Å². The van der Waals surface area contributed by atoms with Crippen molar-refractivity contribution in [3.63, 3.8) is 0 Å². The molecule has 0 bridgehead atoms. The Bertz CT molecular complexity index is 585. The molecule has 0 aliphatic carbocycles. The molecule has 1 aromatic carbocycles. The number of furan rings is 1. The van der Waals surface area contributed by atoms with Crippen molar-refractivity contribution in [3.05, 3.63) is 59.3 Å². The largest absolute Gasteiger partial charge is 0.468 e. The Balaban J connectivity index is 1.98. The van der Waals surface area contributed by atoms with Crippen LogP contribution in [0.15, 0.2) is 34.9 Å². The van der Waals surface area contributed by atoms with Gasteiger partial charge in [0, 0.05) is 24.7 Å². The molecule has 21 heavy (non-hydrogen) atoms. The monoisotopic (exact) mass is 298 g/mol. The molecule has 114 valence electrons. The minimum atomic E-state index is -1.18. The van der Waals surface area contributed by atoms with Crippen LogP contribution in [0.4, 0.5) is 13.2 Å². The summed E-state index contributed by atoms with van der Waals surface area (Å²) in [5.41, 5.74) is 0.0888. The van der Waals surface area contributed by atoms with E-state index < -0.39 is 17.5 Å². The van der Waals surface area contributed by atoms with Gasteiger partial charge in [-0.2, -0.15) is 0 Å². The third-order valence-corrected chi connectivity index (χ3v) is 3.24. The van der Waals surface area contributed by atoms with Gasteiger partial charge in [0.05, 0.1) is 12.3 Å².